The van der Waals surface area contributed by atoms with E-state index >= 15 is 0 Å². The first kappa shape index (κ1) is 17.1. The first-order chi connectivity index (χ1) is 13.0. The summed E-state index contributed by atoms with van der Waals surface area (Å²) in [7, 11) is 0. The zero-order chi connectivity index (χ0) is 19.1. The maximum Gasteiger partial charge on any atom is 0.258 e. The average Bonchev–Trinajstić information content (AvgIpc) is 2.94. The van der Waals surface area contributed by atoms with E-state index in [0.717, 1.165) is 27.7 Å². The van der Waals surface area contributed by atoms with Gasteiger partial charge in [0.1, 0.15) is 17.4 Å². The van der Waals surface area contributed by atoms with E-state index in [0.29, 0.717) is 17.5 Å². The number of rotatable bonds is 3. The van der Waals surface area contributed by atoms with Gasteiger partial charge in [0.15, 0.2) is 0 Å². The van der Waals surface area contributed by atoms with Crippen LogP contribution >= 0.6 is 0 Å². The van der Waals surface area contributed by atoms with Gasteiger partial charge < -0.3 is 14.7 Å². The van der Waals surface area contributed by atoms with Gasteiger partial charge in [-0.3, -0.25) is 9.59 Å². The fourth-order valence-corrected chi connectivity index (χ4v) is 3.43. The quantitative estimate of drug-likeness (QED) is 0.577. The normalized spacial score (nSPS) is 11.2. The summed E-state index contributed by atoms with van der Waals surface area (Å²) in [6.45, 7) is 6.47. The molecule has 4 rings (SSSR count). The maximum atomic E-state index is 12.6. The summed E-state index contributed by atoms with van der Waals surface area (Å²) in [4.78, 5) is 28.6. The molecule has 4 aromatic rings. The summed E-state index contributed by atoms with van der Waals surface area (Å²) in [6, 6.07) is 11.1. The monoisotopic (exact) mass is 360 g/mol. The number of aromatic nitrogens is 1. The Hall–Kier alpha value is -3.34. The predicted molar refractivity (Wildman–Crippen MR) is 106 cm³/mol. The molecule has 0 saturated heterocycles. The van der Waals surface area contributed by atoms with Crippen LogP contribution in [0.2, 0.25) is 0 Å². The molecule has 2 aromatic heterocycles. The molecule has 5 nitrogen and oxygen atoms in total. The second-order valence-electron chi connectivity index (χ2n) is 6.88. The van der Waals surface area contributed by atoms with Crippen LogP contribution in [-0.2, 0) is 6.54 Å². The van der Waals surface area contributed by atoms with E-state index in [2.05, 4.69) is 23.3 Å². The van der Waals surface area contributed by atoms with Gasteiger partial charge in [0, 0.05) is 17.6 Å². The van der Waals surface area contributed by atoms with Crippen molar-refractivity contribution in [1.82, 2.24) is 10.3 Å². The Morgan fingerprint density at radius 3 is 2.70 bits per heavy atom. The second kappa shape index (κ2) is 6.43. The lowest BCUT2D eigenvalue weighted by Gasteiger charge is -2.08. The van der Waals surface area contributed by atoms with Crippen LogP contribution in [0.3, 0.4) is 0 Å². The number of fused-ring (bicyclic) bond motifs is 2. The van der Waals surface area contributed by atoms with Gasteiger partial charge in [-0.05, 0) is 50.1 Å². The predicted octanol–water partition coefficient (Wildman–Crippen LogP) is 4.13. The molecule has 5 heteroatoms. The number of H-pyrrole nitrogens is 1. The minimum atomic E-state index is -0.441. The van der Waals surface area contributed by atoms with Crippen LogP contribution in [0.5, 0.6) is 0 Å². The van der Waals surface area contributed by atoms with E-state index in [-0.39, 0.29) is 11.0 Å². The van der Waals surface area contributed by atoms with Gasteiger partial charge in [-0.25, -0.2) is 0 Å². The fourth-order valence-electron chi connectivity index (χ4n) is 3.43. The lowest BCUT2D eigenvalue weighted by atomic mass is 10.0. The Morgan fingerprint density at radius 2 is 1.89 bits per heavy atom. The molecule has 0 bridgehead atoms. The van der Waals surface area contributed by atoms with Crippen molar-refractivity contribution in [2.45, 2.75) is 27.3 Å². The number of carbonyl (C=O) groups is 1. The molecule has 0 unspecified atom stereocenters. The SMILES string of the molecule is Cc1cc(CNC(=O)c2coc3ccccc3c2=O)c2[nH]c(C)c(C)c2c1. The van der Waals surface area contributed by atoms with Crippen molar-refractivity contribution in [2.75, 3.05) is 0 Å². The average molecular weight is 360 g/mol. The highest BCUT2D eigenvalue weighted by atomic mass is 16.3. The molecule has 2 heterocycles. The van der Waals surface area contributed by atoms with Crippen molar-refractivity contribution >= 4 is 27.8 Å². The van der Waals surface area contributed by atoms with Crippen LogP contribution < -0.4 is 10.7 Å². The Balaban J connectivity index is 1.66. The summed E-state index contributed by atoms with van der Waals surface area (Å²) >= 11 is 0. The number of para-hydroxylation sites is 1. The van der Waals surface area contributed by atoms with Crippen LogP contribution in [0.25, 0.3) is 21.9 Å². The number of benzene rings is 2. The number of carbonyl (C=O) groups excluding carboxylic acids is 1. The third-order valence-corrected chi connectivity index (χ3v) is 5.01. The van der Waals surface area contributed by atoms with Crippen molar-refractivity contribution in [3.8, 4) is 0 Å². The topological polar surface area (TPSA) is 75.1 Å². The summed E-state index contributed by atoms with van der Waals surface area (Å²) < 4.78 is 5.44. The van der Waals surface area contributed by atoms with Gasteiger partial charge in [-0.2, -0.15) is 0 Å². The third-order valence-electron chi connectivity index (χ3n) is 5.01. The molecule has 0 radical (unpaired) electrons. The van der Waals surface area contributed by atoms with Gasteiger partial charge in [-0.1, -0.05) is 23.8 Å². The van der Waals surface area contributed by atoms with Crippen LogP contribution in [0.4, 0.5) is 0 Å². The van der Waals surface area contributed by atoms with Crippen molar-refractivity contribution in [3.63, 3.8) is 0 Å². The van der Waals surface area contributed by atoms with Gasteiger partial charge in [0.25, 0.3) is 5.91 Å². The molecule has 0 aliphatic heterocycles. The standard InChI is InChI=1S/C22H20N2O3/c1-12-8-15(20-17(9-12)13(2)14(3)24-20)10-23-22(26)18-11-27-19-7-5-4-6-16(19)21(18)25/h4-9,11,24H,10H2,1-3H3,(H,23,26). The number of hydrogen-bond donors (Lipinski definition) is 2. The zero-order valence-corrected chi connectivity index (χ0v) is 15.5. The molecule has 2 aromatic carbocycles. The van der Waals surface area contributed by atoms with Crippen molar-refractivity contribution in [1.29, 1.82) is 0 Å². The zero-order valence-electron chi connectivity index (χ0n) is 15.5. The summed E-state index contributed by atoms with van der Waals surface area (Å²) in [6.07, 6.45) is 1.23. The van der Waals surface area contributed by atoms with E-state index in [4.69, 9.17) is 4.42 Å². The van der Waals surface area contributed by atoms with E-state index in [1.54, 1.807) is 24.3 Å². The Kier molecular flexibility index (Phi) is 4.07. The van der Waals surface area contributed by atoms with Crippen LogP contribution in [-0.4, -0.2) is 10.9 Å². The van der Waals surface area contributed by atoms with Crippen LogP contribution in [0.1, 0.15) is 32.7 Å². The van der Waals surface area contributed by atoms with Gasteiger partial charge >= 0.3 is 0 Å². The Labute approximate surface area is 156 Å². The van der Waals surface area contributed by atoms with E-state index in [1.807, 2.05) is 19.9 Å². The smallest absolute Gasteiger partial charge is 0.258 e. The molecule has 0 aliphatic rings. The highest BCUT2D eigenvalue weighted by molar-refractivity contribution is 5.97. The van der Waals surface area contributed by atoms with Gasteiger partial charge in [0.05, 0.1) is 10.9 Å². The highest BCUT2D eigenvalue weighted by Gasteiger charge is 2.15. The highest BCUT2D eigenvalue weighted by Crippen LogP contribution is 2.26. The molecular weight excluding hydrogens is 340 g/mol. The van der Waals surface area contributed by atoms with Crippen molar-refractivity contribution in [3.05, 3.63) is 80.8 Å². The Morgan fingerprint density at radius 1 is 1.11 bits per heavy atom. The third kappa shape index (κ3) is 2.91. The number of amides is 1. The van der Waals surface area contributed by atoms with E-state index < -0.39 is 5.91 Å². The molecule has 1 amide bonds. The summed E-state index contributed by atoms with van der Waals surface area (Å²) in [5, 5.41) is 4.41. The summed E-state index contributed by atoms with van der Waals surface area (Å²) in [5.74, 6) is -0.441. The number of hydrogen-bond acceptors (Lipinski definition) is 3. The van der Waals surface area contributed by atoms with Gasteiger partial charge in [-0.15, -0.1) is 0 Å². The molecule has 0 atom stereocenters. The Bertz CT molecular complexity index is 1250. The first-order valence-electron chi connectivity index (χ1n) is 8.83. The fraction of sp³-hybridized carbons (Fsp3) is 0.182. The van der Waals surface area contributed by atoms with Crippen LogP contribution in [0.15, 0.2) is 51.9 Å². The molecule has 0 spiro atoms. The molecule has 136 valence electrons. The second-order valence-corrected chi connectivity index (χ2v) is 6.88. The number of aromatic amines is 1. The lowest BCUT2D eigenvalue weighted by molar-refractivity contribution is 0.0948. The largest absolute Gasteiger partial charge is 0.463 e. The number of nitrogens with one attached hydrogen (secondary N) is 2. The van der Waals surface area contributed by atoms with E-state index in [9.17, 15) is 9.59 Å². The molecule has 27 heavy (non-hydrogen) atoms. The molecular formula is C22H20N2O3. The van der Waals surface area contributed by atoms with Crippen LogP contribution in [0, 0.1) is 20.8 Å². The molecule has 0 fully saturated rings. The summed E-state index contributed by atoms with van der Waals surface area (Å²) in [5.41, 5.74) is 5.60. The first-order valence-corrected chi connectivity index (χ1v) is 8.83. The molecule has 0 aliphatic carbocycles. The minimum absolute atomic E-state index is 0.0106. The van der Waals surface area contributed by atoms with Gasteiger partial charge in [0.2, 0.25) is 5.43 Å². The van der Waals surface area contributed by atoms with E-state index in [1.165, 1.54) is 11.8 Å². The lowest BCUT2D eigenvalue weighted by Crippen LogP contribution is -2.28. The number of aryl methyl sites for hydroxylation is 3. The maximum absolute atomic E-state index is 12.6. The molecule has 0 saturated carbocycles. The van der Waals surface area contributed by atoms with Crippen molar-refractivity contribution in [2.24, 2.45) is 0 Å². The van der Waals surface area contributed by atoms with Crippen molar-refractivity contribution < 1.29 is 9.21 Å². The molecule has 2 N–H and O–H groups in total. The minimum Gasteiger partial charge on any atom is -0.463 e.